The molecule has 2 nitrogen and oxygen atoms in total. The van der Waals surface area contributed by atoms with Crippen LogP contribution in [0.1, 0.15) is 26.3 Å². The van der Waals surface area contributed by atoms with Crippen LogP contribution in [0.15, 0.2) is 18.3 Å². The van der Waals surface area contributed by atoms with Crippen molar-refractivity contribution in [3.63, 3.8) is 0 Å². The summed E-state index contributed by atoms with van der Waals surface area (Å²) in [6.07, 6.45) is 1.77. The number of pyridine rings is 1. The highest BCUT2D eigenvalue weighted by molar-refractivity contribution is 14.1. The second-order valence-corrected chi connectivity index (χ2v) is 4.15. The molecule has 1 rings (SSSR count). The molecule has 0 amide bonds. The second kappa shape index (κ2) is 3.60. The number of halogens is 1. The zero-order valence-electron chi connectivity index (χ0n) is 7.47. The number of nitrogens with zero attached hydrogens (tertiary/aromatic N) is 1. The van der Waals surface area contributed by atoms with Crippen LogP contribution < -0.4 is 3.07 Å². The van der Waals surface area contributed by atoms with E-state index in [2.05, 4.69) is 25.8 Å². The number of hydrogen-bond acceptors (Lipinski definition) is 2. The van der Waals surface area contributed by atoms with E-state index in [-0.39, 0.29) is 5.41 Å². The van der Waals surface area contributed by atoms with Crippen molar-refractivity contribution in [1.82, 2.24) is 4.98 Å². The molecular formula is C9H12INO. The van der Waals surface area contributed by atoms with Gasteiger partial charge in [0.2, 0.25) is 5.88 Å². The molecule has 1 heterocycles. The Balaban J connectivity index is 3.02. The maximum atomic E-state index is 5.01. The Kier molecular flexibility index (Phi) is 2.93. The normalized spacial score (nSPS) is 11.3. The minimum absolute atomic E-state index is 0.160. The summed E-state index contributed by atoms with van der Waals surface area (Å²) >= 11 is 1.84. The van der Waals surface area contributed by atoms with Gasteiger partial charge in [0.15, 0.2) is 23.0 Å². The summed E-state index contributed by atoms with van der Waals surface area (Å²) in [4.78, 5) is 4.04. The molecule has 3 heteroatoms. The first-order chi connectivity index (χ1) is 5.54. The fraction of sp³-hybridized carbons (Fsp3) is 0.444. The van der Waals surface area contributed by atoms with Crippen LogP contribution >= 0.6 is 23.0 Å². The van der Waals surface area contributed by atoms with Crippen molar-refractivity contribution < 1.29 is 3.07 Å². The van der Waals surface area contributed by atoms with Crippen LogP contribution in [-0.2, 0) is 5.41 Å². The Bertz CT molecular complexity index is 267. The van der Waals surface area contributed by atoms with E-state index in [0.717, 1.165) is 0 Å². The van der Waals surface area contributed by atoms with E-state index < -0.39 is 0 Å². The molecule has 0 radical (unpaired) electrons. The first kappa shape index (κ1) is 9.77. The molecule has 0 bridgehead atoms. The monoisotopic (exact) mass is 277 g/mol. The highest BCUT2D eigenvalue weighted by atomic mass is 127. The van der Waals surface area contributed by atoms with Crippen molar-refractivity contribution in [2.75, 3.05) is 0 Å². The highest BCUT2D eigenvalue weighted by Crippen LogP contribution is 2.24. The van der Waals surface area contributed by atoms with Crippen LogP contribution in [0.4, 0.5) is 0 Å². The predicted octanol–water partition coefficient (Wildman–Crippen LogP) is 3.11. The molecule has 1 aromatic heterocycles. The molecule has 66 valence electrons. The largest absolute Gasteiger partial charge is 0.408 e. The molecule has 0 atom stereocenters. The van der Waals surface area contributed by atoms with Crippen LogP contribution in [0.25, 0.3) is 0 Å². The molecule has 0 aromatic carbocycles. The van der Waals surface area contributed by atoms with Gasteiger partial charge in [0, 0.05) is 12.3 Å². The smallest absolute Gasteiger partial charge is 0.224 e. The van der Waals surface area contributed by atoms with Gasteiger partial charge in [-0.15, -0.1) is 0 Å². The molecule has 12 heavy (non-hydrogen) atoms. The Morgan fingerprint density at radius 2 is 2.08 bits per heavy atom. The maximum absolute atomic E-state index is 5.01. The number of rotatable bonds is 1. The van der Waals surface area contributed by atoms with Crippen LogP contribution in [0, 0.1) is 0 Å². The third kappa shape index (κ3) is 2.33. The van der Waals surface area contributed by atoms with Gasteiger partial charge in [-0.2, -0.15) is 0 Å². The van der Waals surface area contributed by atoms with E-state index >= 15 is 0 Å². The van der Waals surface area contributed by atoms with E-state index in [0.29, 0.717) is 5.88 Å². The van der Waals surface area contributed by atoms with Gasteiger partial charge in [-0.3, -0.25) is 0 Å². The molecule has 0 unspecified atom stereocenters. The van der Waals surface area contributed by atoms with Crippen molar-refractivity contribution in [2.45, 2.75) is 26.2 Å². The first-order valence-electron chi connectivity index (χ1n) is 3.79. The Hall–Kier alpha value is -0.320. The minimum Gasteiger partial charge on any atom is -0.408 e. The number of hydrogen-bond donors (Lipinski definition) is 0. The lowest BCUT2D eigenvalue weighted by molar-refractivity contribution is 0.581. The first-order valence-corrected chi connectivity index (χ1v) is 4.67. The van der Waals surface area contributed by atoms with E-state index in [1.54, 1.807) is 6.20 Å². The van der Waals surface area contributed by atoms with Gasteiger partial charge in [0.05, 0.1) is 0 Å². The molecule has 0 fully saturated rings. The Labute approximate surface area is 87.0 Å². The van der Waals surface area contributed by atoms with Gasteiger partial charge < -0.3 is 3.07 Å². The quantitative estimate of drug-likeness (QED) is 0.736. The fourth-order valence-corrected chi connectivity index (χ4v) is 1.16. The molecule has 1 aromatic rings. The molecular weight excluding hydrogens is 265 g/mol. The predicted molar refractivity (Wildman–Crippen MR) is 57.6 cm³/mol. The minimum atomic E-state index is 0.160. The molecule has 0 N–H and O–H groups in total. The Morgan fingerprint density at radius 3 is 2.58 bits per heavy atom. The van der Waals surface area contributed by atoms with E-state index in [1.165, 1.54) is 5.56 Å². The van der Waals surface area contributed by atoms with Crippen LogP contribution in [0.3, 0.4) is 0 Å². The fourth-order valence-electron chi connectivity index (χ4n) is 0.918. The van der Waals surface area contributed by atoms with Crippen molar-refractivity contribution in [1.29, 1.82) is 0 Å². The molecule has 0 aliphatic heterocycles. The highest BCUT2D eigenvalue weighted by Gasteiger charge is 2.14. The zero-order chi connectivity index (χ0) is 9.19. The zero-order valence-corrected chi connectivity index (χ0v) is 9.62. The molecule has 0 spiro atoms. The van der Waals surface area contributed by atoms with E-state index in [4.69, 9.17) is 3.07 Å². The summed E-state index contributed by atoms with van der Waals surface area (Å²) in [5.41, 5.74) is 1.40. The molecule has 0 aliphatic rings. The van der Waals surface area contributed by atoms with Gasteiger partial charge in [0.1, 0.15) is 0 Å². The van der Waals surface area contributed by atoms with Gasteiger partial charge in [-0.05, 0) is 17.0 Å². The summed E-state index contributed by atoms with van der Waals surface area (Å²) in [6, 6.07) is 3.98. The van der Waals surface area contributed by atoms with Gasteiger partial charge in [-0.1, -0.05) is 20.8 Å². The van der Waals surface area contributed by atoms with Gasteiger partial charge in [-0.25, -0.2) is 4.98 Å². The number of aromatic nitrogens is 1. The second-order valence-electron chi connectivity index (χ2n) is 3.71. The SMILES string of the molecule is CC(C)(C)c1ccnc(OI)c1. The van der Waals surface area contributed by atoms with Gasteiger partial charge >= 0.3 is 0 Å². The lowest BCUT2D eigenvalue weighted by Gasteiger charge is -2.18. The third-order valence-corrected chi connectivity index (χ3v) is 2.13. The third-order valence-electron chi connectivity index (χ3n) is 1.68. The summed E-state index contributed by atoms with van der Waals surface area (Å²) in [5, 5.41) is 0. The molecule has 0 aliphatic carbocycles. The van der Waals surface area contributed by atoms with Crippen molar-refractivity contribution in [3.05, 3.63) is 23.9 Å². The summed E-state index contributed by atoms with van der Waals surface area (Å²) in [5.74, 6) is 0.669. The summed E-state index contributed by atoms with van der Waals surface area (Å²) in [7, 11) is 0. The average molecular weight is 277 g/mol. The Morgan fingerprint density at radius 1 is 1.42 bits per heavy atom. The van der Waals surface area contributed by atoms with Crippen molar-refractivity contribution in [2.24, 2.45) is 0 Å². The average Bonchev–Trinajstić information content (AvgIpc) is 2.03. The van der Waals surface area contributed by atoms with E-state index in [9.17, 15) is 0 Å². The summed E-state index contributed by atoms with van der Waals surface area (Å²) in [6.45, 7) is 6.50. The topological polar surface area (TPSA) is 22.1 Å². The van der Waals surface area contributed by atoms with Gasteiger partial charge in [0.25, 0.3) is 0 Å². The lowest BCUT2D eigenvalue weighted by atomic mass is 9.88. The van der Waals surface area contributed by atoms with Crippen LogP contribution in [0.5, 0.6) is 5.88 Å². The summed E-state index contributed by atoms with van der Waals surface area (Å²) < 4.78 is 5.01. The maximum Gasteiger partial charge on any atom is 0.224 e. The van der Waals surface area contributed by atoms with Crippen molar-refractivity contribution in [3.8, 4) is 5.88 Å². The van der Waals surface area contributed by atoms with Crippen molar-refractivity contribution >= 4 is 23.0 Å². The standard InChI is InChI=1S/C9H12INO/c1-9(2,3)7-4-5-11-8(6-7)12-10/h4-6H,1-3H3. The van der Waals surface area contributed by atoms with Crippen LogP contribution in [-0.4, -0.2) is 4.98 Å². The lowest BCUT2D eigenvalue weighted by Crippen LogP contribution is -2.10. The van der Waals surface area contributed by atoms with Crippen LogP contribution in [0.2, 0.25) is 0 Å². The van der Waals surface area contributed by atoms with E-state index in [1.807, 2.05) is 35.1 Å². The molecule has 0 saturated heterocycles. The molecule has 0 saturated carbocycles.